The van der Waals surface area contributed by atoms with Gasteiger partial charge in [0.1, 0.15) is 6.04 Å². The number of piperazine rings is 1. The molecule has 10 heteroatoms. The maximum absolute atomic E-state index is 13.6. The minimum atomic E-state index is -0.373. The fraction of sp³-hybridized carbons (Fsp3) is 0.414. The second-order valence-corrected chi connectivity index (χ2v) is 11.8. The van der Waals surface area contributed by atoms with E-state index in [2.05, 4.69) is 88.3 Å². The SMILES string of the molecule is CCc1ccc2[nH]c(=O)c([C@H](c3nnnn3C(C)(C)CC)N3CCN(c4nc5ccccc5s4)CC3)cc2c1. The van der Waals surface area contributed by atoms with Crippen LogP contribution in [0.25, 0.3) is 21.1 Å². The molecule has 0 spiro atoms. The molecular formula is C29H34N8OS. The second kappa shape index (κ2) is 10.2. The summed E-state index contributed by atoms with van der Waals surface area (Å²) in [5.41, 5.74) is 3.39. The Morgan fingerprint density at radius 2 is 1.85 bits per heavy atom. The van der Waals surface area contributed by atoms with Gasteiger partial charge in [0.15, 0.2) is 11.0 Å². The van der Waals surface area contributed by atoms with Crippen LogP contribution in [0.4, 0.5) is 5.13 Å². The number of thiazole rings is 1. The van der Waals surface area contributed by atoms with E-state index in [9.17, 15) is 4.79 Å². The van der Waals surface area contributed by atoms with Crippen molar-refractivity contribution in [2.75, 3.05) is 31.1 Å². The maximum Gasteiger partial charge on any atom is 0.253 e. The Balaban J connectivity index is 1.39. The number of H-pyrrole nitrogens is 1. The van der Waals surface area contributed by atoms with Crippen molar-refractivity contribution in [3.63, 3.8) is 0 Å². The number of pyridine rings is 1. The summed E-state index contributed by atoms with van der Waals surface area (Å²) in [6, 6.07) is 16.2. The highest BCUT2D eigenvalue weighted by Crippen LogP contribution is 2.33. The van der Waals surface area contributed by atoms with Crippen LogP contribution in [-0.2, 0) is 12.0 Å². The van der Waals surface area contributed by atoms with Crippen molar-refractivity contribution < 1.29 is 0 Å². The van der Waals surface area contributed by atoms with Gasteiger partial charge in [0.25, 0.3) is 5.56 Å². The van der Waals surface area contributed by atoms with Crippen LogP contribution in [0.5, 0.6) is 0 Å². The zero-order valence-corrected chi connectivity index (χ0v) is 23.7. The number of tetrazole rings is 1. The number of aryl methyl sites for hydroxylation is 1. The van der Waals surface area contributed by atoms with Gasteiger partial charge >= 0.3 is 0 Å². The molecule has 1 atom stereocenters. The summed E-state index contributed by atoms with van der Waals surface area (Å²) in [5.74, 6) is 0.701. The largest absolute Gasteiger partial charge is 0.345 e. The number of rotatable bonds is 7. The van der Waals surface area contributed by atoms with Crippen molar-refractivity contribution in [3.8, 4) is 0 Å². The van der Waals surface area contributed by atoms with Gasteiger partial charge in [-0.25, -0.2) is 9.67 Å². The first kappa shape index (κ1) is 25.6. The van der Waals surface area contributed by atoms with Gasteiger partial charge in [0.2, 0.25) is 0 Å². The van der Waals surface area contributed by atoms with Gasteiger partial charge in [-0.05, 0) is 78.4 Å². The second-order valence-electron chi connectivity index (χ2n) is 10.8. The quantitative estimate of drug-likeness (QED) is 0.317. The van der Waals surface area contributed by atoms with Crippen LogP contribution in [0.3, 0.4) is 0 Å². The van der Waals surface area contributed by atoms with Gasteiger partial charge in [0.05, 0.1) is 15.8 Å². The molecular weight excluding hydrogens is 508 g/mol. The molecule has 1 saturated heterocycles. The number of fused-ring (bicyclic) bond motifs is 2. The first-order valence-electron chi connectivity index (χ1n) is 13.7. The zero-order valence-electron chi connectivity index (χ0n) is 22.9. The van der Waals surface area contributed by atoms with Gasteiger partial charge in [-0.3, -0.25) is 9.69 Å². The Morgan fingerprint density at radius 1 is 1.05 bits per heavy atom. The molecule has 3 aromatic heterocycles. The molecule has 1 N–H and O–H groups in total. The monoisotopic (exact) mass is 542 g/mol. The third kappa shape index (κ3) is 4.72. The van der Waals surface area contributed by atoms with Crippen LogP contribution in [0, 0.1) is 0 Å². The average Bonchev–Trinajstić information content (AvgIpc) is 3.62. The minimum absolute atomic E-state index is 0.103. The number of para-hydroxylation sites is 1. The third-order valence-electron chi connectivity index (χ3n) is 8.05. The Bertz CT molecular complexity index is 1640. The highest BCUT2D eigenvalue weighted by molar-refractivity contribution is 7.22. The molecule has 0 saturated carbocycles. The standard InChI is InChI=1S/C29H34N8OS/c1-5-19-11-12-22-20(17-19)18-21(27(38)30-22)25(26-32-33-34-37(26)29(3,4)6-2)35-13-15-36(16-14-35)28-31-23-9-7-8-10-24(23)39-28/h7-12,17-18,25H,5-6,13-16H2,1-4H3,(H,30,38)/t25-/m1/s1. The molecule has 0 unspecified atom stereocenters. The summed E-state index contributed by atoms with van der Waals surface area (Å²) >= 11 is 1.73. The maximum atomic E-state index is 13.6. The zero-order chi connectivity index (χ0) is 27.1. The molecule has 4 heterocycles. The van der Waals surface area contributed by atoms with Gasteiger partial charge in [-0.2, -0.15) is 0 Å². The first-order chi connectivity index (χ1) is 18.9. The summed E-state index contributed by atoms with van der Waals surface area (Å²) in [5, 5.41) is 15.1. The molecule has 202 valence electrons. The lowest BCUT2D eigenvalue weighted by Gasteiger charge is -2.39. The molecule has 6 rings (SSSR count). The van der Waals surface area contributed by atoms with E-state index < -0.39 is 0 Å². The van der Waals surface area contributed by atoms with Crippen LogP contribution in [0.1, 0.15) is 57.1 Å². The van der Waals surface area contributed by atoms with Gasteiger partial charge in [0, 0.05) is 37.3 Å². The molecule has 1 aliphatic heterocycles. The van der Waals surface area contributed by atoms with Gasteiger partial charge in [-0.15, -0.1) is 5.10 Å². The smallest absolute Gasteiger partial charge is 0.253 e. The van der Waals surface area contributed by atoms with Crippen molar-refractivity contribution >= 4 is 37.6 Å². The van der Waals surface area contributed by atoms with Crippen LogP contribution >= 0.6 is 11.3 Å². The third-order valence-corrected chi connectivity index (χ3v) is 9.15. The Hall–Kier alpha value is -3.63. The van der Waals surface area contributed by atoms with Crippen molar-refractivity contribution in [2.24, 2.45) is 0 Å². The van der Waals surface area contributed by atoms with E-state index in [1.165, 1.54) is 10.3 Å². The molecule has 0 radical (unpaired) electrons. The molecule has 1 fully saturated rings. The predicted octanol–water partition coefficient (Wildman–Crippen LogP) is 4.74. The van der Waals surface area contributed by atoms with Crippen molar-refractivity contribution in [1.29, 1.82) is 0 Å². The Morgan fingerprint density at radius 3 is 2.59 bits per heavy atom. The number of hydrogen-bond acceptors (Lipinski definition) is 8. The molecule has 0 aliphatic carbocycles. The lowest BCUT2D eigenvalue weighted by molar-refractivity contribution is 0.186. The van der Waals surface area contributed by atoms with Crippen LogP contribution in [0.2, 0.25) is 0 Å². The molecule has 0 bridgehead atoms. The summed E-state index contributed by atoms with van der Waals surface area (Å²) in [7, 11) is 0. The fourth-order valence-electron chi connectivity index (χ4n) is 5.31. The lowest BCUT2D eigenvalue weighted by Crippen LogP contribution is -2.49. The van der Waals surface area contributed by atoms with Gasteiger partial charge in [-0.1, -0.05) is 43.4 Å². The number of nitrogens with one attached hydrogen (secondary N) is 1. The number of aromatic nitrogens is 6. The van der Waals surface area contributed by atoms with E-state index in [0.29, 0.717) is 11.4 Å². The van der Waals surface area contributed by atoms with Gasteiger partial charge < -0.3 is 9.88 Å². The number of anilines is 1. The molecule has 5 aromatic rings. The summed E-state index contributed by atoms with van der Waals surface area (Å²) in [6.45, 7) is 11.7. The van der Waals surface area contributed by atoms with Crippen LogP contribution in [0.15, 0.2) is 53.3 Å². The Kier molecular flexibility index (Phi) is 6.68. The first-order valence-corrected chi connectivity index (χ1v) is 14.5. The van der Waals surface area contributed by atoms with E-state index in [4.69, 9.17) is 4.98 Å². The van der Waals surface area contributed by atoms with Crippen molar-refractivity contribution in [2.45, 2.75) is 52.1 Å². The van der Waals surface area contributed by atoms with E-state index in [0.717, 1.165) is 60.6 Å². The number of hydrogen-bond donors (Lipinski definition) is 1. The number of aromatic amines is 1. The fourth-order valence-corrected chi connectivity index (χ4v) is 6.32. The molecule has 1 aliphatic rings. The molecule has 9 nitrogen and oxygen atoms in total. The summed E-state index contributed by atoms with van der Waals surface area (Å²) < 4.78 is 3.10. The van der Waals surface area contributed by atoms with Crippen molar-refractivity contribution in [1.82, 2.24) is 35.1 Å². The van der Waals surface area contributed by atoms with E-state index in [1.807, 2.05) is 22.9 Å². The molecule has 2 aromatic carbocycles. The molecule has 39 heavy (non-hydrogen) atoms. The normalized spacial score (nSPS) is 15.8. The van der Waals surface area contributed by atoms with E-state index >= 15 is 0 Å². The van der Waals surface area contributed by atoms with Crippen LogP contribution in [-0.4, -0.2) is 61.3 Å². The van der Waals surface area contributed by atoms with Crippen molar-refractivity contribution in [3.05, 3.63) is 75.8 Å². The summed E-state index contributed by atoms with van der Waals surface area (Å²) in [4.78, 5) is 26.3. The molecule has 0 amide bonds. The van der Waals surface area contributed by atoms with Crippen LogP contribution < -0.4 is 10.5 Å². The minimum Gasteiger partial charge on any atom is -0.345 e. The Labute approximate surface area is 231 Å². The lowest BCUT2D eigenvalue weighted by atomic mass is 9.98. The number of nitrogens with zero attached hydrogens (tertiary/aromatic N) is 7. The highest BCUT2D eigenvalue weighted by atomic mass is 32.1. The van der Waals surface area contributed by atoms with E-state index in [1.54, 1.807) is 11.3 Å². The average molecular weight is 543 g/mol. The topological polar surface area (TPSA) is 95.8 Å². The number of benzene rings is 2. The van der Waals surface area contributed by atoms with E-state index in [-0.39, 0.29) is 17.1 Å². The highest BCUT2D eigenvalue weighted by Gasteiger charge is 2.36. The summed E-state index contributed by atoms with van der Waals surface area (Å²) in [6.07, 6.45) is 1.79. The predicted molar refractivity (Wildman–Crippen MR) is 157 cm³/mol.